The van der Waals surface area contributed by atoms with E-state index in [1.165, 1.54) is 6.07 Å². The summed E-state index contributed by atoms with van der Waals surface area (Å²) in [5.41, 5.74) is 3.00. The van der Waals surface area contributed by atoms with Gasteiger partial charge in [-0.05, 0) is 45.0 Å². The van der Waals surface area contributed by atoms with E-state index in [4.69, 9.17) is 0 Å². The molecule has 5 rings (SSSR count). The van der Waals surface area contributed by atoms with E-state index >= 15 is 8.78 Å². The molecule has 3 N–H and O–H groups in total. The minimum atomic E-state index is -0.926. The van der Waals surface area contributed by atoms with E-state index < -0.39 is 29.3 Å². The molecule has 1 aliphatic heterocycles. The lowest BCUT2D eigenvalue weighted by Gasteiger charge is -2.46. The number of benzene rings is 3. The first-order chi connectivity index (χ1) is 16.2. The van der Waals surface area contributed by atoms with Gasteiger partial charge in [-0.2, -0.15) is 0 Å². The van der Waals surface area contributed by atoms with Crippen LogP contribution in [0.2, 0.25) is 0 Å². The molecule has 0 fully saturated rings. The van der Waals surface area contributed by atoms with Crippen molar-refractivity contribution in [2.24, 2.45) is 0 Å². The highest BCUT2D eigenvalue weighted by atomic mass is 19.1. The average molecular weight is 462 g/mol. The van der Waals surface area contributed by atoms with Crippen molar-refractivity contribution in [3.05, 3.63) is 89.1 Å². The van der Waals surface area contributed by atoms with Crippen LogP contribution in [0.25, 0.3) is 22.0 Å². The van der Waals surface area contributed by atoms with E-state index in [9.17, 15) is 5.11 Å². The van der Waals surface area contributed by atoms with Crippen molar-refractivity contribution >= 4 is 16.6 Å². The molecule has 3 aromatic carbocycles. The van der Waals surface area contributed by atoms with Gasteiger partial charge >= 0.3 is 0 Å². The lowest BCUT2D eigenvalue weighted by Crippen LogP contribution is -2.54. The minimum absolute atomic E-state index is 0.0852. The lowest BCUT2D eigenvalue weighted by molar-refractivity contribution is 0.0134. The summed E-state index contributed by atoms with van der Waals surface area (Å²) in [6.45, 7) is 6.15. The topological polar surface area (TPSA) is 51.3 Å². The Morgan fingerprint density at radius 3 is 2.53 bits per heavy atom. The molecule has 0 radical (unpaired) electrons. The molecule has 0 saturated carbocycles. The summed E-state index contributed by atoms with van der Waals surface area (Å²) in [6.07, 6.45) is 0.914. The van der Waals surface area contributed by atoms with Crippen LogP contribution < -0.4 is 5.32 Å². The number of nitrogens with one attached hydrogen (secondary N) is 2. The van der Waals surface area contributed by atoms with E-state index in [0.29, 0.717) is 23.3 Å². The number of H-pyrrole nitrogens is 1. The number of nitrogens with zero attached hydrogens (tertiary/aromatic N) is 1. The van der Waals surface area contributed by atoms with E-state index in [-0.39, 0.29) is 11.1 Å². The number of anilines is 1. The van der Waals surface area contributed by atoms with E-state index in [1.54, 1.807) is 6.07 Å². The second-order valence-electron chi connectivity index (χ2n) is 9.85. The maximum Gasteiger partial charge on any atom is 0.141 e. The number of likely N-dealkylation sites (N-methyl/N-ethyl adjacent to an activating group) is 1. The van der Waals surface area contributed by atoms with Gasteiger partial charge in [0.25, 0.3) is 0 Å². The largest absolute Gasteiger partial charge is 0.389 e. The number of aryl methyl sites for hydroxylation is 1. The number of hydrogen-bond acceptors (Lipinski definition) is 3. The second kappa shape index (κ2) is 8.22. The monoisotopic (exact) mass is 461 g/mol. The molecule has 0 spiro atoms. The standard InChI is InChI=1S/C28H29F2N3O/c1-16-14-31-25-18(16)11-8-12-19(25)22-20(29)13-21-23(24(22)30)26(27(34)28(2,3)32-21)33(4)15-17-9-6-5-7-10-17/h5-14,26-27,31-32,34H,15H2,1-4H3/t26-,27+/m1/s1. The van der Waals surface area contributed by atoms with Crippen LogP contribution in [-0.4, -0.2) is 33.7 Å². The molecule has 0 unspecified atom stereocenters. The van der Waals surface area contributed by atoms with Gasteiger partial charge in [0.05, 0.1) is 28.8 Å². The summed E-state index contributed by atoms with van der Waals surface area (Å²) in [6, 6.07) is 16.0. The van der Waals surface area contributed by atoms with Gasteiger partial charge in [0.15, 0.2) is 0 Å². The maximum absolute atomic E-state index is 16.4. The fraction of sp³-hybridized carbons (Fsp3) is 0.286. The normalized spacial score (nSPS) is 19.3. The molecule has 2 heterocycles. The number of aliphatic hydroxyl groups excluding tert-OH is 1. The Bertz CT molecular complexity index is 1360. The Kier molecular flexibility index (Phi) is 5.46. The third-order valence-corrected chi connectivity index (χ3v) is 6.99. The van der Waals surface area contributed by atoms with Gasteiger partial charge in [0.2, 0.25) is 0 Å². The molecule has 0 amide bonds. The van der Waals surface area contributed by atoms with Gasteiger partial charge in [-0.1, -0.05) is 48.5 Å². The van der Waals surface area contributed by atoms with Crippen LogP contribution in [0.4, 0.5) is 14.5 Å². The van der Waals surface area contributed by atoms with Crippen LogP contribution >= 0.6 is 0 Å². The summed E-state index contributed by atoms with van der Waals surface area (Å²) < 4.78 is 31.9. The number of hydrogen-bond donors (Lipinski definition) is 3. The highest BCUT2D eigenvalue weighted by Gasteiger charge is 2.45. The first-order valence-electron chi connectivity index (χ1n) is 11.5. The van der Waals surface area contributed by atoms with Crippen molar-refractivity contribution in [1.29, 1.82) is 0 Å². The summed E-state index contributed by atoms with van der Waals surface area (Å²) in [5.74, 6) is -1.29. The van der Waals surface area contributed by atoms with Crippen molar-refractivity contribution in [1.82, 2.24) is 9.88 Å². The number of aliphatic hydroxyl groups is 1. The minimum Gasteiger partial charge on any atom is -0.389 e. The molecule has 0 aliphatic carbocycles. The SMILES string of the molecule is Cc1c[nH]c2c(-c3c(F)cc4c(c3F)[C@@H](N(C)Cc3ccccc3)[C@H](O)C(C)(C)N4)cccc12. The van der Waals surface area contributed by atoms with Crippen LogP contribution in [0.1, 0.15) is 36.6 Å². The number of fused-ring (bicyclic) bond motifs is 2. The molecule has 4 nitrogen and oxygen atoms in total. The molecular weight excluding hydrogens is 432 g/mol. The fourth-order valence-electron chi connectivity index (χ4n) is 5.18. The van der Waals surface area contributed by atoms with Gasteiger partial charge < -0.3 is 15.4 Å². The van der Waals surface area contributed by atoms with E-state index in [0.717, 1.165) is 16.5 Å². The van der Waals surface area contributed by atoms with Gasteiger partial charge in [-0.3, -0.25) is 4.90 Å². The van der Waals surface area contributed by atoms with Crippen molar-refractivity contribution in [2.75, 3.05) is 12.4 Å². The Hall–Kier alpha value is -3.22. The Labute approximate surface area is 198 Å². The molecule has 34 heavy (non-hydrogen) atoms. The number of para-hydroxylation sites is 1. The van der Waals surface area contributed by atoms with Crippen LogP contribution in [0.5, 0.6) is 0 Å². The van der Waals surface area contributed by atoms with Crippen molar-refractivity contribution in [3.8, 4) is 11.1 Å². The molecule has 1 aromatic heterocycles. The molecule has 0 saturated heterocycles. The first kappa shape index (κ1) is 22.6. The predicted molar refractivity (Wildman–Crippen MR) is 133 cm³/mol. The van der Waals surface area contributed by atoms with E-state index in [2.05, 4.69) is 10.3 Å². The van der Waals surface area contributed by atoms with Crippen molar-refractivity contribution in [2.45, 2.75) is 45.0 Å². The number of aromatic amines is 1. The van der Waals surface area contributed by atoms with Gasteiger partial charge in [0.1, 0.15) is 11.6 Å². The second-order valence-corrected chi connectivity index (χ2v) is 9.85. The van der Waals surface area contributed by atoms with Crippen LogP contribution in [0.3, 0.4) is 0 Å². The van der Waals surface area contributed by atoms with Gasteiger partial charge in [-0.25, -0.2) is 8.78 Å². The molecule has 6 heteroatoms. The van der Waals surface area contributed by atoms with Gasteiger partial charge in [-0.15, -0.1) is 0 Å². The first-order valence-corrected chi connectivity index (χ1v) is 11.5. The Balaban J connectivity index is 1.70. The quantitative estimate of drug-likeness (QED) is 0.341. The zero-order valence-electron chi connectivity index (χ0n) is 19.8. The molecule has 0 bridgehead atoms. The molecule has 2 atom stereocenters. The predicted octanol–water partition coefficient (Wildman–Crippen LogP) is 6.16. The number of halogens is 2. The highest BCUT2D eigenvalue weighted by Crippen LogP contribution is 2.46. The number of rotatable bonds is 4. The summed E-state index contributed by atoms with van der Waals surface area (Å²) in [7, 11) is 1.86. The maximum atomic E-state index is 16.4. The zero-order valence-corrected chi connectivity index (χ0v) is 19.8. The highest BCUT2D eigenvalue weighted by molar-refractivity contribution is 5.96. The van der Waals surface area contributed by atoms with Crippen molar-refractivity contribution in [3.63, 3.8) is 0 Å². The van der Waals surface area contributed by atoms with Crippen molar-refractivity contribution < 1.29 is 13.9 Å². The summed E-state index contributed by atoms with van der Waals surface area (Å²) in [5, 5.41) is 15.4. The Morgan fingerprint density at radius 1 is 1.06 bits per heavy atom. The molecule has 176 valence electrons. The smallest absolute Gasteiger partial charge is 0.141 e. The third kappa shape index (κ3) is 3.58. The lowest BCUT2D eigenvalue weighted by atomic mass is 9.80. The summed E-state index contributed by atoms with van der Waals surface area (Å²) in [4.78, 5) is 5.11. The van der Waals surface area contributed by atoms with Crippen LogP contribution in [0.15, 0.2) is 60.8 Å². The third-order valence-electron chi connectivity index (χ3n) is 6.99. The zero-order chi connectivity index (χ0) is 24.2. The number of aromatic nitrogens is 1. The van der Waals surface area contributed by atoms with Crippen LogP contribution in [-0.2, 0) is 6.54 Å². The van der Waals surface area contributed by atoms with Crippen LogP contribution in [0, 0.1) is 18.6 Å². The average Bonchev–Trinajstić information content (AvgIpc) is 3.17. The summed E-state index contributed by atoms with van der Waals surface area (Å²) >= 11 is 0. The van der Waals surface area contributed by atoms with E-state index in [1.807, 2.05) is 81.4 Å². The molecule has 1 aliphatic rings. The Morgan fingerprint density at radius 2 is 1.79 bits per heavy atom. The molecule has 4 aromatic rings. The molecular formula is C28H29F2N3O. The van der Waals surface area contributed by atoms with Gasteiger partial charge in [0, 0.05) is 34.9 Å². The fourth-order valence-corrected chi connectivity index (χ4v) is 5.18.